The van der Waals surface area contributed by atoms with Crippen LogP contribution in [0.5, 0.6) is 11.5 Å². The minimum absolute atomic E-state index is 0.0172. The number of thiazole rings is 1. The number of carbonyl (C=O) groups is 1. The molecule has 0 radical (unpaired) electrons. The smallest absolute Gasteiger partial charge is 0.264 e. The van der Waals surface area contributed by atoms with Crippen LogP contribution in [0.3, 0.4) is 0 Å². The quantitative estimate of drug-likeness (QED) is 0.562. The van der Waals surface area contributed by atoms with Gasteiger partial charge in [0.15, 0.2) is 16.6 Å². The molecular weight excluding hydrogens is 442 g/mol. The van der Waals surface area contributed by atoms with Crippen molar-refractivity contribution in [1.82, 2.24) is 9.45 Å². The van der Waals surface area contributed by atoms with Gasteiger partial charge < -0.3 is 9.47 Å². The number of hydrogen-bond donors (Lipinski definition) is 1. The number of nitrogens with one attached hydrogen (secondary N) is 1. The van der Waals surface area contributed by atoms with E-state index in [0.717, 1.165) is 10.0 Å². The molecule has 3 aromatic rings. The fourth-order valence-corrected chi connectivity index (χ4v) is 4.55. The van der Waals surface area contributed by atoms with Gasteiger partial charge in [-0.3, -0.25) is 14.9 Å². The van der Waals surface area contributed by atoms with E-state index in [1.165, 1.54) is 49.8 Å². The van der Waals surface area contributed by atoms with Crippen molar-refractivity contribution in [3.05, 3.63) is 53.4 Å². The number of fused-ring (bicyclic) bond motifs is 1. The molecule has 1 aliphatic rings. The van der Waals surface area contributed by atoms with E-state index in [-0.39, 0.29) is 4.90 Å². The van der Waals surface area contributed by atoms with Gasteiger partial charge in [-0.2, -0.15) is 0 Å². The third-order valence-electron chi connectivity index (χ3n) is 4.57. The average Bonchev–Trinajstić information content (AvgIpc) is 3.26. The Kier molecular flexibility index (Phi) is 5.92. The van der Waals surface area contributed by atoms with Gasteiger partial charge in [0.1, 0.15) is 13.2 Å². The van der Waals surface area contributed by atoms with Crippen LogP contribution < -0.4 is 14.8 Å². The lowest BCUT2D eigenvalue weighted by Gasteiger charge is -2.18. The van der Waals surface area contributed by atoms with Crippen molar-refractivity contribution in [3.8, 4) is 22.8 Å². The number of carbonyl (C=O) groups excluding carboxylic acids is 1. The van der Waals surface area contributed by atoms with Gasteiger partial charge in [-0.1, -0.05) is 4.47 Å². The molecule has 1 aromatic heterocycles. The molecule has 0 unspecified atom stereocenters. The summed E-state index contributed by atoms with van der Waals surface area (Å²) in [7, 11) is -1.23. The van der Waals surface area contributed by atoms with Crippen LogP contribution in [0.25, 0.3) is 11.3 Å². The van der Waals surface area contributed by atoms with E-state index in [2.05, 4.69) is 10.3 Å². The molecule has 0 saturated carbocycles. The summed E-state index contributed by atoms with van der Waals surface area (Å²) in [5, 5.41) is 4.98. The Bertz CT molecular complexity index is 1210. The number of ether oxygens (including phenoxy) is 2. The number of sulfonamides is 1. The van der Waals surface area contributed by atoms with E-state index >= 15 is 0 Å². The summed E-state index contributed by atoms with van der Waals surface area (Å²) in [6.45, 7) is 1.02. The van der Waals surface area contributed by atoms with Crippen molar-refractivity contribution in [2.45, 2.75) is 4.90 Å². The molecule has 9 nitrogen and oxygen atoms in total. The normalized spacial score (nSPS) is 13.3. The van der Waals surface area contributed by atoms with E-state index < -0.39 is 15.9 Å². The first-order valence-electron chi connectivity index (χ1n) is 9.18. The summed E-state index contributed by atoms with van der Waals surface area (Å²) in [5.41, 5.74) is 1.84. The van der Waals surface area contributed by atoms with Crippen LogP contribution in [0, 0.1) is 0 Å². The Hall–Kier alpha value is -2.99. The number of aromatic nitrogens is 1. The molecule has 11 heteroatoms. The predicted molar refractivity (Wildman–Crippen MR) is 115 cm³/mol. The SMILES string of the molecule is CON(C)S(=O)(=O)c1ccc(C(=O)Nc2nc(-c3ccc4c(c3)OCCO4)cs2)cc1. The number of rotatable bonds is 6. The zero-order valence-electron chi connectivity index (χ0n) is 16.7. The second kappa shape index (κ2) is 8.63. The van der Waals surface area contributed by atoms with Gasteiger partial charge in [0, 0.05) is 23.6 Å². The first-order chi connectivity index (χ1) is 14.9. The Labute approximate surface area is 183 Å². The number of hydroxylamine groups is 1. The highest BCUT2D eigenvalue weighted by Gasteiger charge is 2.21. The van der Waals surface area contributed by atoms with Crippen LogP contribution in [0.1, 0.15) is 10.4 Å². The zero-order chi connectivity index (χ0) is 22.0. The summed E-state index contributed by atoms with van der Waals surface area (Å²) in [5.74, 6) is 0.963. The number of anilines is 1. The monoisotopic (exact) mass is 461 g/mol. The highest BCUT2D eigenvalue weighted by atomic mass is 32.2. The van der Waals surface area contributed by atoms with Gasteiger partial charge in [0.05, 0.1) is 17.7 Å². The van der Waals surface area contributed by atoms with Gasteiger partial charge in [0.25, 0.3) is 15.9 Å². The second-order valence-electron chi connectivity index (χ2n) is 6.47. The Morgan fingerprint density at radius 3 is 2.55 bits per heavy atom. The minimum atomic E-state index is -3.77. The van der Waals surface area contributed by atoms with Crippen LogP contribution >= 0.6 is 11.3 Å². The highest BCUT2D eigenvalue weighted by molar-refractivity contribution is 7.89. The molecular formula is C20H19N3O6S2. The summed E-state index contributed by atoms with van der Waals surface area (Å²) < 4.78 is 36.3. The molecule has 0 saturated heterocycles. The summed E-state index contributed by atoms with van der Waals surface area (Å²) in [6, 6.07) is 11.1. The van der Waals surface area contributed by atoms with Gasteiger partial charge in [-0.15, -0.1) is 11.3 Å². The minimum Gasteiger partial charge on any atom is -0.486 e. The standard InChI is InChI=1S/C20H19N3O6S2/c1-23(27-2)31(25,26)15-6-3-13(4-7-15)19(24)22-20-21-16(12-30-20)14-5-8-17-18(11-14)29-10-9-28-17/h3-8,11-12H,9-10H2,1-2H3,(H,21,22,24). The van der Waals surface area contributed by atoms with E-state index in [1.807, 2.05) is 23.6 Å². The van der Waals surface area contributed by atoms with E-state index in [9.17, 15) is 13.2 Å². The van der Waals surface area contributed by atoms with E-state index in [1.54, 1.807) is 0 Å². The summed E-state index contributed by atoms with van der Waals surface area (Å²) >= 11 is 1.28. The number of nitrogens with zero attached hydrogens (tertiary/aromatic N) is 2. The lowest BCUT2D eigenvalue weighted by Crippen LogP contribution is -2.25. The average molecular weight is 462 g/mol. The number of hydrogen-bond acceptors (Lipinski definition) is 8. The van der Waals surface area contributed by atoms with Gasteiger partial charge >= 0.3 is 0 Å². The first kappa shape index (κ1) is 21.2. The maximum atomic E-state index is 12.5. The largest absolute Gasteiger partial charge is 0.486 e. The molecule has 162 valence electrons. The van der Waals surface area contributed by atoms with Crippen molar-refractivity contribution >= 4 is 32.4 Å². The molecule has 0 bridgehead atoms. The van der Waals surface area contributed by atoms with Crippen LogP contribution in [0.4, 0.5) is 5.13 Å². The van der Waals surface area contributed by atoms with Gasteiger partial charge in [-0.05, 0) is 42.5 Å². The van der Waals surface area contributed by atoms with Crippen LogP contribution in [0.15, 0.2) is 52.7 Å². The molecule has 0 fully saturated rings. The molecule has 1 amide bonds. The molecule has 2 heterocycles. The molecule has 1 aliphatic heterocycles. The molecule has 1 N–H and O–H groups in total. The number of amides is 1. The van der Waals surface area contributed by atoms with Crippen molar-refractivity contribution in [3.63, 3.8) is 0 Å². The lowest BCUT2D eigenvalue weighted by atomic mass is 10.1. The molecule has 4 rings (SSSR count). The predicted octanol–water partition coefficient (Wildman–Crippen LogP) is 3.02. The molecule has 31 heavy (non-hydrogen) atoms. The first-order valence-corrected chi connectivity index (χ1v) is 11.5. The highest BCUT2D eigenvalue weighted by Crippen LogP contribution is 2.35. The van der Waals surface area contributed by atoms with E-state index in [0.29, 0.717) is 41.1 Å². The molecule has 2 aromatic carbocycles. The molecule has 0 spiro atoms. The topological polar surface area (TPSA) is 107 Å². The second-order valence-corrected chi connectivity index (χ2v) is 9.27. The fraction of sp³-hybridized carbons (Fsp3) is 0.200. The van der Waals surface area contributed by atoms with Crippen LogP contribution in [-0.4, -0.2) is 51.1 Å². The molecule has 0 aliphatic carbocycles. The van der Waals surface area contributed by atoms with E-state index in [4.69, 9.17) is 14.3 Å². The maximum Gasteiger partial charge on any atom is 0.264 e. The van der Waals surface area contributed by atoms with Crippen molar-refractivity contribution in [2.75, 3.05) is 32.7 Å². The number of benzene rings is 2. The molecule has 0 atom stereocenters. The fourth-order valence-electron chi connectivity index (χ4n) is 2.86. The third-order valence-corrected chi connectivity index (χ3v) is 7.02. The van der Waals surface area contributed by atoms with Crippen molar-refractivity contribution < 1.29 is 27.5 Å². The summed E-state index contributed by atoms with van der Waals surface area (Å²) in [6.07, 6.45) is 0. The van der Waals surface area contributed by atoms with Crippen LogP contribution in [-0.2, 0) is 14.9 Å². The third kappa shape index (κ3) is 4.39. The van der Waals surface area contributed by atoms with Crippen molar-refractivity contribution in [2.24, 2.45) is 0 Å². The Balaban J connectivity index is 1.47. The van der Waals surface area contributed by atoms with Gasteiger partial charge in [0.2, 0.25) is 0 Å². The lowest BCUT2D eigenvalue weighted by molar-refractivity contribution is -0.0258. The van der Waals surface area contributed by atoms with Gasteiger partial charge in [-0.25, -0.2) is 13.4 Å². The summed E-state index contributed by atoms with van der Waals surface area (Å²) in [4.78, 5) is 21.8. The zero-order valence-corrected chi connectivity index (χ0v) is 18.3. The van der Waals surface area contributed by atoms with Crippen molar-refractivity contribution in [1.29, 1.82) is 0 Å². The Morgan fingerprint density at radius 1 is 1.13 bits per heavy atom. The Morgan fingerprint density at radius 2 is 1.84 bits per heavy atom. The maximum absolute atomic E-state index is 12.5. The van der Waals surface area contributed by atoms with Crippen LogP contribution in [0.2, 0.25) is 0 Å².